The molecule has 302 valence electrons. The van der Waals surface area contributed by atoms with E-state index in [0.717, 1.165) is 116 Å². The first-order valence-corrected chi connectivity index (χ1v) is 22.7. The van der Waals surface area contributed by atoms with Crippen molar-refractivity contribution < 1.29 is 19.1 Å². The van der Waals surface area contributed by atoms with E-state index >= 15 is 0 Å². The Kier molecular flexibility index (Phi) is 31.4. The van der Waals surface area contributed by atoms with Gasteiger partial charge in [-0.1, -0.05) is 156 Å². The first-order valence-electron chi connectivity index (χ1n) is 22.7. The number of nitrogens with zero attached hydrogens (tertiary/aromatic N) is 1. The number of ether oxygens (including phenoxy) is 2. The van der Waals surface area contributed by atoms with E-state index in [4.69, 9.17) is 15.2 Å². The Morgan fingerprint density at radius 3 is 1.25 bits per heavy atom. The highest BCUT2D eigenvalue weighted by molar-refractivity contribution is 5.72. The molecule has 0 aromatic rings. The standard InChI is InChI=1S/C45H88N2O4/c1-5-9-13-17-19-23-29-41(27-21-15-11-7-3)43(48)50-39-33-45(31-37-47(38-32-45)36-26-25-35-46)34-40-51-44(49)42(28-22-16-12-8-4)30-24-20-18-14-10-6-2/h41-42H,5-40,46H2,1-4H3. The molecule has 2 atom stereocenters. The highest BCUT2D eigenvalue weighted by Gasteiger charge is 2.35. The van der Waals surface area contributed by atoms with Gasteiger partial charge in [-0.05, 0) is 95.8 Å². The van der Waals surface area contributed by atoms with Crippen LogP contribution in [0.3, 0.4) is 0 Å². The fourth-order valence-electron chi connectivity index (χ4n) is 8.06. The summed E-state index contributed by atoms with van der Waals surface area (Å²) in [5, 5.41) is 0. The van der Waals surface area contributed by atoms with Crippen molar-refractivity contribution >= 4 is 11.9 Å². The van der Waals surface area contributed by atoms with Crippen LogP contribution in [0, 0.1) is 17.3 Å². The third kappa shape index (κ3) is 24.7. The molecule has 0 amide bonds. The van der Waals surface area contributed by atoms with Crippen molar-refractivity contribution in [3.8, 4) is 0 Å². The molecule has 0 aromatic carbocycles. The summed E-state index contributed by atoms with van der Waals surface area (Å²) in [6.07, 6.45) is 34.6. The fourth-order valence-corrected chi connectivity index (χ4v) is 8.06. The smallest absolute Gasteiger partial charge is 0.308 e. The second kappa shape index (κ2) is 33.4. The summed E-state index contributed by atoms with van der Waals surface area (Å²) in [6, 6.07) is 0. The molecule has 1 rings (SSSR count). The summed E-state index contributed by atoms with van der Waals surface area (Å²) in [6.45, 7) is 14.0. The predicted octanol–water partition coefficient (Wildman–Crippen LogP) is 12.3. The monoisotopic (exact) mass is 721 g/mol. The molecule has 2 N–H and O–H groups in total. The van der Waals surface area contributed by atoms with E-state index in [9.17, 15) is 9.59 Å². The molecular weight excluding hydrogens is 633 g/mol. The molecule has 0 spiro atoms. The largest absolute Gasteiger partial charge is 0.465 e. The average molecular weight is 721 g/mol. The number of likely N-dealkylation sites (tertiary alicyclic amines) is 1. The van der Waals surface area contributed by atoms with Gasteiger partial charge in [-0.2, -0.15) is 0 Å². The topological polar surface area (TPSA) is 81.9 Å². The minimum atomic E-state index is 0.0291. The minimum Gasteiger partial charge on any atom is -0.465 e. The molecule has 6 heteroatoms. The number of nitrogens with two attached hydrogens (primary N) is 1. The van der Waals surface area contributed by atoms with Crippen LogP contribution in [0.25, 0.3) is 0 Å². The van der Waals surface area contributed by atoms with Gasteiger partial charge in [0.25, 0.3) is 0 Å². The van der Waals surface area contributed by atoms with Crippen LogP contribution in [0.5, 0.6) is 0 Å². The van der Waals surface area contributed by atoms with E-state index < -0.39 is 0 Å². The van der Waals surface area contributed by atoms with Crippen molar-refractivity contribution in [1.82, 2.24) is 4.90 Å². The van der Waals surface area contributed by atoms with Gasteiger partial charge >= 0.3 is 11.9 Å². The van der Waals surface area contributed by atoms with Gasteiger partial charge in [-0.3, -0.25) is 9.59 Å². The molecule has 1 fully saturated rings. The van der Waals surface area contributed by atoms with Crippen molar-refractivity contribution in [1.29, 1.82) is 0 Å². The molecule has 0 aromatic heterocycles. The highest BCUT2D eigenvalue weighted by Crippen LogP contribution is 2.39. The van der Waals surface area contributed by atoms with Crippen LogP contribution in [0.4, 0.5) is 0 Å². The molecule has 2 unspecified atom stereocenters. The zero-order valence-corrected chi connectivity index (χ0v) is 34.8. The van der Waals surface area contributed by atoms with Crippen LogP contribution in [0.15, 0.2) is 0 Å². The average Bonchev–Trinajstić information content (AvgIpc) is 3.13. The first-order chi connectivity index (χ1) is 24.9. The Morgan fingerprint density at radius 1 is 0.529 bits per heavy atom. The maximum absolute atomic E-state index is 13.5. The van der Waals surface area contributed by atoms with Crippen molar-refractivity contribution in [3.05, 3.63) is 0 Å². The van der Waals surface area contributed by atoms with E-state index in [2.05, 4.69) is 32.6 Å². The lowest BCUT2D eigenvalue weighted by atomic mass is 9.73. The quantitative estimate of drug-likeness (QED) is 0.0512. The molecule has 1 aliphatic heterocycles. The molecule has 0 saturated carbocycles. The summed E-state index contributed by atoms with van der Waals surface area (Å²) in [5.41, 5.74) is 5.82. The van der Waals surface area contributed by atoms with E-state index in [1.54, 1.807) is 0 Å². The Morgan fingerprint density at radius 2 is 0.882 bits per heavy atom. The van der Waals surface area contributed by atoms with Crippen LogP contribution in [-0.4, -0.2) is 56.2 Å². The zero-order chi connectivity index (χ0) is 37.3. The van der Waals surface area contributed by atoms with Crippen LogP contribution < -0.4 is 5.73 Å². The Hall–Kier alpha value is -1.14. The van der Waals surface area contributed by atoms with Crippen molar-refractivity contribution in [3.63, 3.8) is 0 Å². The van der Waals surface area contributed by atoms with Gasteiger partial charge in [0.15, 0.2) is 0 Å². The summed E-state index contributed by atoms with van der Waals surface area (Å²) in [4.78, 5) is 29.5. The number of hydrogen-bond donors (Lipinski definition) is 1. The number of hydrogen-bond acceptors (Lipinski definition) is 6. The van der Waals surface area contributed by atoms with Crippen molar-refractivity contribution in [2.75, 3.05) is 39.4 Å². The Balaban J connectivity index is 2.79. The van der Waals surface area contributed by atoms with Gasteiger partial charge in [0.2, 0.25) is 0 Å². The van der Waals surface area contributed by atoms with Crippen LogP contribution in [-0.2, 0) is 19.1 Å². The third-order valence-corrected chi connectivity index (χ3v) is 11.9. The van der Waals surface area contributed by atoms with E-state index in [1.807, 2.05) is 0 Å². The second-order valence-corrected chi connectivity index (χ2v) is 16.4. The predicted molar refractivity (Wildman–Crippen MR) is 218 cm³/mol. The maximum Gasteiger partial charge on any atom is 0.308 e. The molecule has 1 aliphatic rings. The minimum absolute atomic E-state index is 0.0291. The zero-order valence-electron chi connectivity index (χ0n) is 34.8. The fraction of sp³-hybridized carbons (Fsp3) is 0.956. The molecule has 6 nitrogen and oxygen atoms in total. The molecule has 1 heterocycles. The number of piperidine rings is 1. The van der Waals surface area contributed by atoms with E-state index in [1.165, 1.54) is 103 Å². The van der Waals surface area contributed by atoms with Gasteiger partial charge in [0.1, 0.15) is 0 Å². The number of unbranched alkanes of at least 4 members (excludes halogenated alkanes) is 17. The first kappa shape index (κ1) is 47.9. The Bertz CT molecular complexity index is 745. The summed E-state index contributed by atoms with van der Waals surface area (Å²) in [7, 11) is 0. The number of rotatable bonds is 36. The van der Waals surface area contributed by atoms with Crippen molar-refractivity contribution in [2.45, 2.75) is 220 Å². The number of carbonyl (C=O) groups is 2. The Labute approximate surface area is 317 Å². The molecule has 0 radical (unpaired) electrons. The van der Waals surface area contributed by atoms with E-state index in [-0.39, 0.29) is 29.2 Å². The van der Waals surface area contributed by atoms with Gasteiger partial charge in [0.05, 0.1) is 25.0 Å². The van der Waals surface area contributed by atoms with Gasteiger partial charge in [-0.25, -0.2) is 0 Å². The summed E-state index contributed by atoms with van der Waals surface area (Å²) >= 11 is 0. The SMILES string of the molecule is CCCCCCCCC(CCCCCC)C(=O)OCCC1(CCOC(=O)C(CCCCCC)CCCCCCCC)CCN(CCCCN)CC1. The molecule has 1 saturated heterocycles. The molecule has 51 heavy (non-hydrogen) atoms. The van der Waals surface area contributed by atoms with E-state index in [0.29, 0.717) is 13.2 Å². The molecule has 0 bridgehead atoms. The maximum atomic E-state index is 13.5. The summed E-state index contributed by atoms with van der Waals surface area (Å²) in [5.74, 6) is 0.133. The van der Waals surface area contributed by atoms with Gasteiger partial charge in [-0.15, -0.1) is 0 Å². The van der Waals surface area contributed by atoms with Crippen LogP contribution in [0.1, 0.15) is 220 Å². The van der Waals surface area contributed by atoms with Gasteiger partial charge in [0, 0.05) is 0 Å². The second-order valence-electron chi connectivity index (χ2n) is 16.4. The van der Waals surface area contributed by atoms with Crippen LogP contribution in [0.2, 0.25) is 0 Å². The molecular formula is C45H88N2O4. The highest BCUT2D eigenvalue weighted by atomic mass is 16.5. The lowest BCUT2D eigenvalue weighted by Crippen LogP contribution is -2.42. The molecule has 0 aliphatic carbocycles. The summed E-state index contributed by atoms with van der Waals surface area (Å²) < 4.78 is 12.3. The van der Waals surface area contributed by atoms with Crippen molar-refractivity contribution in [2.24, 2.45) is 23.0 Å². The normalized spacial score (nSPS) is 15.9. The lowest BCUT2D eigenvalue weighted by molar-refractivity contribution is -0.151. The lowest BCUT2D eigenvalue weighted by Gasteiger charge is -2.42. The third-order valence-electron chi connectivity index (χ3n) is 11.9. The number of esters is 2. The number of carbonyl (C=O) groups excluding carboxylic acids is 2. The van der Waals surface area contributed by atoms with Gasteiger partial charge < -0.3 is 20.1 Å². The van der Waals surface area contributed by atoms with Crippen LogP contribution >= 0.6 is 0 Å².